The van der Waals surface area contributed by atoms with E-state index in [0.717, 1.165) is 11.6 Å². The lowest BCUT2D eigenvalue weighted by molar-refractivity contribution is -0.387. The second-order valence-electron chi connectivity index (χ2n) is 5.95. The smallest absolute Gasteiger partial charge is 0.289 e. The summed E-state index contributed by atoms with van der Waals surface area (Å²) in [5.74, 6) is -0.167. The summed E-state index contributed by atoms with van der Waals surface area (Å²) in [6.07, 6.45) is 0.471. The minimum atomic E-state index is -4.14. The highest BCUT2D eigenvalue weighted by Gasteiger charge is 2.35. The van der Waals surface area contributed by atoms with Crippen LogP contribution in [-0.2, 0) is 14.8 Å². The van der Waals surface area contributed by atoms with Crippen molar-refractivity contribution in [2.45, 2.75) is 29.8 Å². The van der Waals surface area contributed by atoms with Crippen molar-refractivity contribution in [1.82, 2.24) is 10.0 Å². The van der Waals surface area contributed by atoms with Crippen LogP contribution in [0.2, 0.25) is 0 Å². The second kappa shape index (κ2) is 7.22. The van der Waals surface area contributed by atoms with Crippen LogP contribution in [0.4, 0.5) is 5.69 Å². The van der Waals surface area contributed by atoms with Crippen molar-refractivity contribution in [3.8, 4) is 0 Å². The molecule has 2 aromatic rings. The number of sulfonamides is 1. The summed E-state index contributed by atoms with van der Waals surface area (Å²) in [5.41, 5.74) is 0.270. The fourth-order valence-corrected chi connectivity index (χ4v) is 4.46. The van der Waals surface area contributed by atoms with Crippen LogP contribution in [0.1, 0.15) is 24.4 Å². The Morgan fingerprint density at radius 3 is 2.42 bits per heavy atom. The van der Waals surface area contributed by atoms with Gasteiger partial charge in [0.05, 0.1) is 11.0 Å². The topological polar surface area (TPSA) is 118 Å². The molecule has 1 amide bonds. The van der Waals surface area contributed by atoms with E-state index in [0.29, 0.717) is 6.42 Å². The SMILES string of the molecule is O=C1CC[C@H](NS(=O)(=O)c2ccccc2[N+](=O)[O-])[C@H](c2ccccc2)N1. The maximum Gasteiger partial charge on any atom is 0.289 e. The predicted molar refractivity (Wildman–Crippen MR) is 93.8 cm³/mol. The van der Waals surface area contributed by atoms with E-state index in [4.69, 9.17) is 0 Å². The van der Waals surface area contributed by atoms with Crippen molar-refractivity contribution in [1.29, 1.82) is 0 Å². The highest BCUT2D eigenvalue weighted by atomic mass is 32.2. The molecule has 9 heteroatoms. The summed E-state index contributed by atoms with van der Waals surface area (Å²) in [6, 6.07) is 13.0. The zero-order valence-corrected chi connectivity index (χ0v) is 14.5. The summed E-state index contributed by atoms with van der Waals surface area (Å²) in [5, 5.41) is 13.9. The quantitative estimate of drug-likeness (QED) is 0.611. The molecule has 3 rings (SSSR count). The molecular formula is C17H17N3O5S. The molecule has 0 radical (unpaired) electrons. The van der Waals surface area contributed by atoms with E-state index in [1.807, 2.05) is 6.07 Å². The van der Waals surface area contributed by atoms with Crippen LogP contribution in [0.5, 0.6) is 0 Å². The molecule has 26 heavy (non-hydrogen) atoms. The van der Waals surface area contributed by atoms with Gasteiger partial charge in [-0.25, -0.2) is 13.1 Å². The Bertz CT molecular complexity index is 930. The first-order valence-electron chi connectivity index (χ1n) is 7.98. The number of nitro benzene ring substituents is 1. The average molecular weight is 375 g/mol. The van der Waals surface area contributed by atoms with E-state index in [-0.39, 0.29) is 12.3 Å². The monoisotopic (exact) mass is 375 g/mol. The Morgan fingerprint density at radius 1 is 1.08 bits per heavy atom. The average Bonchev–Trinajstić information content (AvgIpc) is 2.64. The van der Waals surface area contributed by atoms with Gasteiger partial charge in [0.1, 0.15) is 0 Å². The molecule has 0 saturated carbocycles. The largest absolute Gasteiger partial charge is 0.348 e. The number of nitro groups is 1. The van der Waals surface area contributed by atoms with Gasteiger partial charge in [-0.15, -0.1) is 0 Å². The molecule has 2 atom stereocenters. The molecule has 1 fully saturated rings. The Hall–Kier alpha value is -2.78. The predicted octanol–water partition coefficient (Wildman–Crippen LogP) is 1.89. The number of nitrogens with zero attached hydrogens (tertiary/aromatic N) is 1. The summed E-state index contributed by atoms with van der Waals surface area (Å²) >= 11 is 0. The zero-order chi connectivity index (χ0) is 18.7. The van der Waals surface area contributed by atoms with Crippen molar-refractivity contribution in [3.63, 3.8) is 0 Å². The number of para-hydroxylation sites is 1. The number of hydrogen-bond acceptors (Lipinski definition) is 5. The van der Waals surface area contributed by atoms with Gasteiger partial charge in [-0.2, -0.15) is 0 Å². The van der Waals surface area contributed by atoms with Crippen molar-refractivity contribution in [3.05, 3.63) is 70.3 Å². The van der Waals surface area contributed by atoms with E-state index in [9.17, 15) is 23.3 Å². The molecule has 136 valence electrons. The minimum Gasteiger partial charge on any atom is -0.348 e. The molecule has 0 bridgehead atoms. The van der Waals surface area contributed by atoms with E-state index in [1.165, 1.54) is 18.2 Å². The van der Waals surface area contributed by atoms with Gasteiger partial charge in [-0.3, -0.25) is 14.9 Å². The molecular weight excluding hydrogens is 358 g/mol. The number of carbonyl (C=O) groups excluding carboxylic acids is 1. The van der Waals surface area contributed by atoms with Gasteiger partial charge in [-0.1, -0.05) is 42.5 Å². The van der Waals surface area contributed by atoms with Crippen LogP contribution < -0.4 is 10.0 Å². The second-order valence-corrected chi connectivity index (χ2v) is 7.63. The summed E-state index contributed by atoms with van der Waals surface area (Å²) in [6.45, 7) is 0. The Balaban J connectivity index is 1.93. The maximum absolute atomic E-state index is 12.8. The van der Waals surface area contributed by atoms with Crippen LogP contribution in [-0.4, -0.2) is 25.3 Å². The number of benzene rings is 2. The number of hydrogen-bond donors (Lipinski definition) is 2. The summed E-state index contributed by atoms with van der Waals surface area (Å²) in [7, 11) is -4.14. The van der Waals surface area contributed by atoms with E-state index in [1.54, 1.807) is 24.3 Å². The Kier molecular flexibility index (Phi) is 5.01. The molecule has 2 N–H and O–H groups in total. The van der Waals surface area contributed by atoms with Crippen LogP contribution in [0.15, 0.2) is 59.5 Å². The third-order valence-electron chi connectivity index (χ3n) is 4.22. The standard InChI is InChI=1S/C17H17N3O5S/c21-16-11-10-13(17(18-16)12-6-2-1-3-7-12)19-26(24,25)15-9-5-4-8-14(15)20(22)23/h1-9,13,17,19H,10-11H2,(H,18,21)/t13-,17-/m0/s1. The number of rotatable bonds is 5. The van der Waals surface area contributed by atoms with Crippen molar-refractivity contribution in [2.75, 3.05) is 0 Å². The molecule has 0 aliphatic carbocycles. The molecule has 2 aromatic carbocycles. The highest BCUT2D eigenvalue weighted by Crippen LogP contribution is 2.28. The highest BCUT2D eigenvalue weighted by molar-refractivity contribution is 7.89. The normalized spacial score (nSPS) is 20.4. The molecule has 0 aromatic heterocycles. The van der Waals surface area contributed by atoms with Gasteiger partial charge >= 0.3 is 0 Å². The molecule has 1 heterocycles. The van der Waals surface area contributed by atoms with Crippen molar-refractivity contribution < 1.29 is 18.1 Å². The summed E-state index contributed by atoms with van der Waals surface area (Å²) < 4.78 is 28.0. The molecule has 8 nitrogen and oxygen atoms in total. The first-order valence-corrected chi connectivity index (χ1v) is 9.47. The van der Waals surface area contributed by atoms with Crippen LogP contribution in [0, 0.1) is 10.1 Å². The number of piperidine rings is 1. The van der Waals surface area contributed by atoms with Gasteiger partial charge in [-0.05, 0) is 18.1 Å². The number of nitrogens with one attached hydrogen (secondary N) is 2. The van der Waals surface area contributed by atoms with Gasteiger partial charge in [0.15, 0.2) is 4.90 Å². The molecule has 0 spiro atoms. The zero-order valence-electron chi connectivity index (χ0n) is 13.7. The Labute approximate surface area is 150 Å². The lowest BCUT2D eigenvalue weighted by Crippen LogP contribution is -2.50. The molecule has 0 unspecified atom stereocenters. The lowest BCUT2D eigenvalue weighted by atomic mass is 9.93. The van der Waals surface area contributed by atoms with Gasteiger partial charge in [0.25, 0.3) is 5.69 Å². The third kappa shape index (κ3) is 3.73. The van der Waals surface area contributed by atoms with E-state index >= 15 is 0 Å². The van der Waals surface area contributed by atoms with Gasteiger partial charge < -0.3 is 5.32 Å². The van der Waals surface area contributed by atoms with Crippen LogP contribution >= 0.6 is 0 Å². The van der Waals surface area contributed by atoms with Gasteiger partial charge in [0, 0.05) is 18.5 Å². The first-order chi connectivity index (χ1) is 12.4. The maximum atomic E-state index is 12.8. The third-order valence-corrected chi connectivity index (χ3v) is 5.76. The van der Waals surface area contributed by atoms with Crippen molar-refractivity contribution >= 4 is 21.6 Å². The Morgan fingerprint density at radius 2 is 1.73 bits per heavy atom. The fraction of sp³-hybridized carbons (Fsp3) is 0.235. The van der Waals surface area contributed by atoms with E-state index in [2.05, 4.69) is 10.0 Å². The minimum absolute atomic E-state index is 0.167. The lowest BCUT2D eigenvalue weighted by Gasteiger charge is -2.33. The molecule has 1 aliphatic rings. The van der Waals surface area contributed by atoms with Crippen molar-refractivity contribution in [2.24, 2.45) is 0 Å². The fourth-order valence-electron chi connectivity index (χ4n) is 3.00. The summed E-state index contributed by atoms with van der Waals surface area (Å²) in [4.78, 5) is 21.8. The molecule has 1 aliphatic heterocycles. The van der Waals surface area contributed by atoms with Crippen LogP contribution in [0.3, 0.4) is 0 Å². The molecule has 1 saturated heterocycles. The first kappa shape index (κ1) is 18.0. The van der Waals surface area contributed by atoms with Gasteiger partial charge in [0.2, 0.25) is 15.9 Å². The van der Waals surface area contributed by atoms with Crippen LogP contribution in [0.25, 0.3) is 0 Å². The number of amides is 1. The number of carbonyl (C=O) groups is 1. The van der Waals surface area contributed by atoms with E-state index < -0.39 is 37.6 Å².